The van der Waals surface area contributed by atoms with Gasteiger partial charge in [0.15, 0.2) is 0 Å². The van der Waals surface area contributed by atoms with E-state index in [2.05, 4.69) is 10.3 Å². The maximum absolute atomic E-state index is 12.4. The molecule has 4 heteroatoms. The van der Waals surface area contributed by atoms with Gasteiger partial charge in [-0.2, -0.15) is 0 Å². The van der Waals surface area contributed by atoms with Crippen molar-refractivity contribution < 1.29 is 4.79 Å². The summed E-state index contributed by atoms with van der Waals surface area (Å²) in [6.07, 6.45) is 3.79. The Hall–Kier alpha value is -2.62. The normalized spacial score (nSPS) is 10.7. The number of imidazole rings is 1. The molecule has 0 aliphatic carbocycles. The van der Waals surface area contributed by atoms with Gasteiger partial charge >= 0.3 is 0 Å². The van der Waals surface area contributed by atoms with Crippen LogP contribution in [-0.2, 0) is 0 Å². The summed E-state index contributed by atoms with van der Waals surface area (Å²) in [7, 11) is 0. The van der Waals surface area contributed by atoms with Crippen molar-refractivity contribution in [2.24, 2.45) is 0 Å². The molecule has 2 aromatic heterocycles. The molecule has 0 atom stereocenters. The number of benzene rings is 1. The molecule has 20 heavy (non-hydrogen) atoms. The summed E-state index contributed by atoms with van der Waals surface area (Å²) in [6, 6.07) is 11.4. The number of rotatable bonds is 2. The molecular weight excluding hydrogens is 250 g/mol. The van der Waals surface area contributed by atoms with E-state index in [9.17, 15) is 4.79 Å². The van der Waals surface area contributed by atoms with Crippen LogP contribution in [0.15, 0.2) is 48.8 Å². The maximum Gasteiger partial charge on any atom is 0.259 e. The molecule has 0 fully saturated rings. The SMILES string of the molecule is Cc1ccc(NC(=O)c2cccn3cc(C)nc23)cc1. The standard InChI is InChI=1S/C16H15N3O/c1-11-5-7-13(8-6-11)18-16(20)14-4-3-9-19-10-12(2)17-15(14)19/h3-10H,1-2H3,(H,18,20). The number of hydrogen-bond acceptors (Lipinski definition) is 2. The summed E-state index contributed by atoms with van der Waals surface area (Å²) in [4.78, 5) is 16.7. The van der Waals surface area contributed by atoms with Gasteiger partial charge in [-0.3, -0.25) is 4.79 Å². The van der Waals surface area contributed by atoms with Crippen LogP contribution in [0, 0.1) is 13.8 Å². The highest BCUT2D eigenvalue weighted by molar-refractivity contribution is 6.08. The zero-order valence-electron chi connectivity index (χ0n) is 11.4. The molecular formula is C16H15N3O. The molecule has 4 nitrogen and oxygen atoms in total. The summed E-state index contributed by atoms with van der Waals surface area (Å²) >= 11 is 0. The van der Waals surface area contributed by atoms with Gasteiger partial charge in [0.1, 0.15) is 5.65 Å². The maximum atomic E-state index is 12.4. The van der Waals surface area contributed by atoms with Gasteiger partial charge < -0.3 is 9.72 Å². The Labute approximate surface area is 117 Å². The minimum absolute atomic E-state index is 0.148. The predicted octanol–water partition coefficient (Wildman–Crippen LogP) is 3.20. The quantitative estimate of drug-likeness (QED) is 0.773. The molecule has 0 spiro atoms. The molecule has 0 saturated carbocycles. The fourth-order valence-corrected chi connectivity index (χ4v) is 2.15. The smallest absolute Gasteiger partial charge is 0.259 e. The highest BCUT2D eigenvalue weighted by atomic mass is 16.1. The number of nitrogens with zero attached hydrogens (tertiary/aromatic N) is 2. The molecule has 0 aliphatic rings. The van der Waals surface area contributed by atoms with Crippen LogP contribution in [0.4, 0.5) is 5.69 Å². The highest BCUT2D eigenvalue weighted by Crippen LogP contribution is 2.14. The summed E-state index contributed by atoms with van der Waals surface area (Å²) in [5.41, 5.74) is 4.08. The Balaban J connectivity index is 1.94. The van der Waals surface area contributed by atoms with E-state index in [1.807, 2.05) is 61.0 Å². The minimum atomic E-state index is -0.148. The molecule has 0 aliphatic heterocycles. The molecule has 3 aromatic rings. The molecule has 2 heterocycles. The van der Waals surface area contributed by atoms with Crippen LogP contribution in [-0.4, -0.2) is 15.3 Å². The lowest BCUT2D eigenvalue weighted by atomic mass is 10.2. The number of anilines is 1. The average molecular weight is 265 g/mol. The number of nitrogens with one attached hydrogen (secondary N) is 1. The molecule has 1 amide bonds. The Morgan fingerprint density at radius 1 is 1.15 bits per heavy atom. The van der Waals surface area contributed by atoms with Crippen LogP contribution in [0.25, 0.3) is 5.65 Å². The van der Waals surface area contributed by atoms with Gasteiger partial charge in [-0.05, 0) is 38.1 Å². The van der Waals surface area contributed by atoms with Crippen molar-refractivity contribution in [1.82, 2.24) is 9.38 Å². The molecule has 0 bridgehead atoms. The molecule has 3 rings (SSSR count). The Kier molecular flexibility index (Phi) is 2.99. The third-order valence-corrected chi connectivity index (χ3v) is 3.16. The van der Waals surface area contributed by atoms with Crippen molar-refractivity contribution in [1.29, 1.82) is 0 Å². The van der Waals surface area contributed by atoms with Crippen LogP contribution in [0.1, 0.15) is 21.6 Å². The highest BCUT2D eigenvalue weighted by Gasteiger charge is 2.12. The van der Waals surface area contributed by atoms with E-state index >= 15 is 0 Å². The zero-order chi connectivity index (χ0) is 14.1. The summed E-state index contributed by atoms with van der Waals surface area (Å²) in [6.45, 7) is 3.92. The second-order valence-electron chi connectivity index (χ2n) is 4.86. The summed E-state index contributed by atoms with van der Waals surface area (Å²) < 4.78 is 1.86. The number of carbonyl (C=O) groups is 1. The number of aromatic nitrogens is 2. The number of hydrogen-bond donors (Lipinski definition) is 1. The van der Waals surface area contributed by atoms with Crippen molar-refractivity contribution in [2.45, 2.75) is 13.8 Å². The first-order chi connectivity index (χ1) is 9.63. The van der Waals surface area contributed by atoms with Crippen molar-refractivity contribution in [3.05, 3.63) is 65.6 Å². The third kappa shape index (κ3) is 2.28. The number of fused-ring (bicyclic) bond motifs is 1. The van der Waals surface area contributed by atoms with E-state index in [1.165, 1.54) is 0 Å². The van der Waals surface area contributed by atoms with E-state index in [4.69, 9.17) is 0 Å². The third-order valence-electron chi connectivity index (χ3n) is 3.16. The first kappa shape index (κ1) is 12.4. The van der Waals surface area contributed by atoms with Crippen LogP contribution < -0.4 is 5.32 Å². The molecule has 100 valence electrons. The van der Waals surface area contributed by atoms with Gasteiger partial charge in [-0.15, -0.1) is 0 Å². The van der Waals surface area contributed by atoms with E-state index < -0.39 is 0 Å². The molecule has 0 radical (unpaired) electrons. The van der Waals surface area contributed by atoms with Gasteiger partial charge in [-0.25, -0.2) is 4.98 Å². The molecule has 1 N–H and O–H groups in total. The van der Waals surface area contributed by atoms with Gasteiger partial charge in [0, 0.05) is 18.1 Å². The Bertz CT molecular complexity index is 772. The fourth-order valence-electron chi connectivity index (χ4n) is 2.15. The van der Waals surface area contributed by atoms with Crippen molar-refractivity contribution in [2.75, 3.05) is 5.32 Å². The van der Waals surface area contributed by atoms with E-state index in [0.29, 0.717) is 11.2 Å². The lowest BCUT2D eigenvalue weighted by Gasteiger charge is -2.06. The van der Waals surface area contributed by atoms with E-state index in [0.717, 1.165) is 16.9 Å². The lowest BCUT2D eigenvalue weighted by molar-refractivity contribution is 0.102. The van der Waals surface area contributed by atoms with E-state index in [-0.39, 0.29) is 5.91 Å². The number of aryl methyl sites for hydroxylation is 2. The van der Waals surface area contributed by atoms with Crippen LogP contribution in [0.2, 0.25) is 0 Å². The number of carbonyl (C=O) groups excluding carboxylic acids is 1. The lowest BCUT2D eigenvalue weighted by Crippen LogP contribution is -2.13. The Morgan fingerprint density at radius 3 is 2.65 bits per heavy atom. The van der Waals surface area contributed by atoms with Crippen molar-refractivity contribution in [3.63, 3.8) is 0 Å². The van der Waals surface area contributed by atoms with E-state index in [1.54, 1.807) is 6.07 Å². The van der Waals surface area contributed by atoms with Gasteiger partial charge in [-0.1, -0.05) is 17.7 Å². The second kappa shape index (κ2) is 4.81. The Morgan fingerprint density at radius 2 is 1.90 bits per heavy atom. The minimum Gasteiger partial charge on any atom is -0.322 e. The number of amides is 1. The van der Waals surface area contributed by atoms with Gasteiger partial charge in [0.2, 0.25) is 0 Å². The van der Waals surface area contributed by atoms with Crippen molar-refractivity contribution >= 4 is 17.2 Å². The van der Waals surface area contributed by atoms with Crippen LogP contribution in [0.3, 0.4) is 0 Å². The van der Waals surface area contributed by atoms with Gasteiger partial charge in [0.25, 0.3) is 5.91 Å². The fraction of sp³-hybridized carbons (Fsp3) is 0.125. The summed E-state index contributed by atoms with van der Waals surface area (Å²) in [5.74, 6) is -0.148. The topological polar surface area (TPSA) is 46.4 Å². The zero-order valence-corrected chi connectivity index (χ0v) is 11.4. The van der Waals surface area contributed by atoms with Crippen molar-refractivity contribution in [3.8, 4) is 0 Å². The molecule has 0 saturated heterocycles. The van der Waals surface area contributed by atoms with Crippen LogP contribution >= 0.6 is 0 Å². The average Bonchev–Trinajstić information content (AvgIpc) is 2.81. The second-order valence-corrected chi connectivity index (χ2v) is 4.86. The first-order valence-electron chi connectivity index (χ1n) is 6.46. The summed E-state index contributed by atoms with van der Waals surface area (Å²) in [5, 5.41) is 2.89. The van der Waals surface area contributed by atoms with Crippen LogP contribution in [0.5, 0.6) is 0 Å². The largest absolute Gasteiger partial charge is 0.322 e. The monoisotopic (exact) mass is 265 g/mol. The molecule has 0 unspecified atom stereocenters. The predicted molar refractivity (Wildman–Crippen MR) is 79.1 cm³/mol. The first-order valence-corrected chi connectivity index (χ1v) is 6.46. The number of pyridine rings is 1. The van der Waals surface area contributed by atoms with Gasteiger partial charge in [0.05, 0.1) is 11.3 Å². The molecule has 1 aromatic carbocycles.